The van der Waals surface area contributed by atoms with Crippen LogP contribution in [0.1, 0.15) is 48.1 Å². The maximum Gasteiger partial charge on any atom is 0.412 e. The van der Waals surface area contributed by atoms with Crippen LogP contribution in [0.3, 0.4) is 0 Å². The molecule has 0 aliphatic carbocycles. The van der Waals surface area contributed by atoms with Crippen LogP contribution in [0.5, 0.6) is 5.75 Å². The highest BCUT2D eigenvalue weighted by atomic mass is 19.2. The number of nitrogens with zero attached hydrogens (tertiary/aromatic N) is 2. The van der Waals surface area contributed by atoms with Gasteiger partial charge in [0.05, 0.1) is 30.1 Å². The van der Waals surface area contributed by atoms with Crippen molar-refractivity contribution in [2.75, 3.05) is 13.2 Å². The normalized spacial score (nSPS) is 14.0. The van der Waals surface area contributed by atoms with Crippen LogP contribution >= 0.6 is 0 Å². The first-order valence-electron chi connectivity index (χ1n) is 13.2. The second-order valence-corrected chi connectivity index (χ2v) is 10.4. The number of benzene rings is 2. The molecule has 0 radical (unpaired) electrons. The number of H-pyrrole nitrogens is 1. The largest absolute Gasteiger partial charge is 0.462 e. The Morgan fingerprint density at radius 1 is 1.07 bits per heavy atom. The second-order valence-electron chi connectivity index (χ2n) is 10.4. The van der Waals surface area contributed by atoms with E-state index in [2.05, 4.69) is 15.3 Å². The molecule has 216 valence electrons. The Bertz CT molecular complexity index is 1720. The van der Waals surface area contributed by atoms with Gasteiger partial charge in [0.2, 0.25) is 0 Å². The van der Waals surface area contributed by atoms with Gasteiger partial charge in [-0.15, -0.1) is 0 Å². The monoisotopic (exact) mass is 574 g/mol. The van der Waals surface area contributed by atoms with Crippen LogP contribution in [0.25, 0.3) is 16.5 Å². The number of aromatic amines is 1. The van der Waals surface area contributed by atoms with Gasteiger partial charge in [-0.25, -0.2) is 18.4 Å². The molecule has 2 amide bonds. The topological polar surface area (TPSA) is 114 Å². The van der Waals surface area contributed by atoms with Crippen molar-refractivity contribution in [3.63, 3.8) is 0 Å². The van der Waals surface area contributed by atoms with Gasteiger partial charge in [0, 0.05) is 46.9 Å². The minimum absolute atomic E-state index is 0.0670. The molecule has 11 heteroatoms. The van der Waals surface area contributed by atoms with E-state index in [1.165, 1.54) is 17.2 Å². The van der Waals surface area contributed by atoms with Gasteiger partial charge in [-0.1, -0.05) is 19.9 Å². The fourth-order valence-corrected chi connectivity index (χ4v) is 5.01. The molecule has 1 aliphatic heterocycles. The van der Waals surface area contributed by atoms with Gasteiger partial charge in [-0.05, 0) is 55.0 Å². The van der Waals surface area contributed by atoms with Crippen LogP contribution in [0.2, 0.25) is 0 Å². The van der Waals surface area contributed by atoms with E-state index in [-0.39, 0.29) is 36.6 Å². The smallest absolute Gasteiger partial charge is 0.412 e. The number of carbonyl (C=O) groups is 3. The van der Waals surface area contributed by atoms with Gasteiger partial charge in [-0.3, -0.25) is 9.78 Å². The summed E-state index contributed by atoms with van der Waals surface area (Å²) in [6, 6.07) is 13.3. The van der Waals surface area contributed by atoms with Crippen molar-refractivity contribution >= 4 is 34.4 Å². The number of aromatic nitrogens is 2. The van der Waals surface area contributed by atoms with Crippen LogP contribution in [-0.4, -0.2) is 46.0 Å². The first kappa shape index (κ1) is 28.5. The van der Waals surface area contributed by atoms with E-state index in [0.29, 0.717) is 16.9 Å². The molecule has 0 saturated carbocycles. The Labute approximate surface area is 240 Å². The van der Waals surface area contributed by atoms with Gasteiger partial charge in [0.25, 0.3) is 5.91 Å². The van der Waals surface area contributed by atoms with Gasteiger partial charge in [-0.2, -0.15) is 0 Å². The van der Waals surface area contributed by atoms with E-state index in [0.717, 1.165) is 23.1 Å². The first-order valence-corrected chi connectivity index (χ1v) is 13.2. The molecule has 5 rings (SSSR count). The molecule has 0 unspecified atom stereocenters. The van der Waals surface area contributed by atoms with E-state index < -0.39 is 35.0 Å². The summed E-state index contributed by atoms with van der Waals surface area (Å²) in [5, 5.41) is 3.40. The minimum Gasteiger partial charge on any atom is -0.462 e. The van der Waals surface area contributed by atoms with Crippen molar-refractivity contribution in [1.29, 1.82) is 0 Å². The zero-order valence-corrected chi connectivity index (χ0v) is 23.2. The number of hydrogen-bond donors (Lipinski definition) is 2. The molecule has 9 nitrogen and oxygen atoms in total. The van der Waals surface area contributed by atoms with Crippen LogP contribution in [0.15, 0.2) is 67.0 Å². The zero-order valence-electron chi connectivity index (χ0n) is 23.2. The van der Waals surface area contributed by atoms with Crippen molar-refractivity contribution in [2.24, 2.45) is 0 Å². The van der Waals surface area contributed by atoms with Crippen molar-refractivity contribution < 1.29 is 32.6 Å². The average Bonchev–Trinajstić information content (AvgIpc) is 3.30. The van der Waals surface area contributed by atoms with Crippen LogP contribution in [-0.2, 0) is 21.5 Å². The lowest BCUT2D eigenvalue weighted by Crippen LogP contribution is -2.37. The molecule has 1 aliphatic rings. The van der Waals surface area contributed by atoms with Crippen LogP contribution in [0, 0.1) is 11.6 Å². The molecule has 3 heterocycles. The van der Waals surface area contributed by atoms with Gasteiger partial charge >= 0.3 is 12.1 Å². The molecule has 2 N–H and O–H groups in total. The summed E-state index contributed by atoms with van der Waals surface area (Å²) in [6.45, 7) is 5.88. The van der Waals surface area contributed by atoms with E-state index in [9.17, 15) is 23.2 Å². The molecule has 2 aromatic heterocycles. The molecule has 0 saturated heterocycles. The molecule has 0 fully saturated rings. The molecule has 0 atom stereocenters. The molecule has 42 heavy (non-hydrogen) atoms. The first-order chi connectivity index (χ1) is 20.1. The van der Waals surface area contributed by atoms with Gasteiger partial charge < -0.3 is 24.7 Å². The maximum absolute atomic E-state index is 13.9. The SMILES string of the molecule is CCOC(=O)C1=CN(C(=O)c2ccc(F)c(F)c2)CC(C)(C)c2c1[nH]c1cc(OC(=O)NCc3ccccn3)ccc21. The number of halogens is 2. The van der Waals surface area contributed by atoms with Gasteiger partial charge in [0.1, 0.15) is 5.75 Å². The van der Waals surface area contributed by atoms with Crippen LogP contribution in [0.4, 0.5) is 13.6 Å². The Morgan fingerprint density at radius 2 is 1.88 bits per heavy atom. The molecular weight excluding hydrogens is 546 g/mol. The predicted molar refractivity (Wildman–Crippen MR) is 150 cm³/mol. The van der Waals surface area contributed by atoms with E-state index in [4.69, 9.17) is 9.47 Å². The molecule has 0 bridgehead atoms. The minimum atomic E-state index is -1.15. The summed E-state index contributed by atoms with van der Waals surface area (Å²) < 4.78 is 38.2. The van der Waals surface area contributed by atoms with Crippen molar-refractivity contribution in [2.45, 2.75) is 32.7 Å². The van der Waals surface area contributed by atoms with Crippen LogP contribution < -0.4 is 10.1 Å². The molecule has 2 aromatic carbocycles. The highest BCUT2D eigenvalue weighted by Gasteiger charge is 2.37. The summed E-state index contributed by atoms with van der Waals surface area (Å²) in [5.74, 6) is -3.22. The predicted octanol–water partition coefficient (Wildman–Crippen LogP) is 5.47. The summed E-state index contributed by atoms with van der Waals surface area (Å²) in [4.78, 5) is 47.7. The lowest BCUT2D eigenvalue weighted by atomic mass is 9.81. The Hall–Kier alpha value is -5.06. The number of nitrogens with one attached hydrogen (secondary N) is 2. The number of amides is 2. The lowest BCUT2D eigenvalue weighted by molar-refractivity contribution is -0.136. The van der Waals surface area contributed by atoms with E-state index in [1.54, 1.807) is 43.5 Å². The summed E-state index contributed by atoms with van der Waals surface area (Å²) in [7, 11) is 0. The van der Waals surface area contributed by atoms with Crippen molar-refractivity contribution in [3.05, 3.63) is 101 Å². The quantitative estimate of drug-likeness (QED) is 0.296. The lowest BCUT2D eigenvalue weighted by Gasteiger charge is -2.29. The third-order valence-electron chi connectivity index (χ3n) is 6.84. The number of esters is 1. The standard InChI is InChI=1S/C31H28F2N4O5/c1-4-41-29(39)22-16-37(28(38)18-8-11-23(32)24(33)13-18)17-31(2,3)26-21-10-9-20(14-25(21)36-27(22)26)42-30(40)35-15-19-7-5-6-12-34-19/h5-14,16,36H,4,15,17H2,1-3H3,(H,35,40). The summed E-state index contributed by atoms with van der Waals surface area (Å²) >= 11 is 0. The summed E-state index contributed by atoms with van der Waals surface area (Å²) in [6.07, 6.45) is 2.34. The highest BCUT2D eigenvalue weighted by Crippen LogP contribution is 2.41. The number of rotatable bonds is 6. The third-order valence-corrected chi connectivity index (χ3v) is 6.84. The van der Waals surface area contributed by atoms with E-state index in [1.807, 2.05) is 19.9 Å². The van der Waals surface area contributed by atoms with Crippen molar-refractivity contribution in [1.82, 2.24) is 20.2 Å². The number of ether oxygens (including phenoxy) is 2. The second kappa shape index (κ2) is 11.4. The Morgan fingerprint density at radius 3 is 2.60 bits per heavy atom. The summed E-state index contributed by atoms with van der Waals surface area (Å²) in [5.41, 5.74) is 1.74. The Balaban J connectivity index is 1.49. The van der Waals surface area contributed by atoms with E-state index >= 15 is 0 Å². The maximum atomic E-state index is 13.9. The number of pyridine rings is 1. The highest BCUT2D eigenvalue weighted by molar-refractivity contribution is 6.18. The van der Waals surface area contributed by atoms with Crippen molar-refractivity contribution in [3.8, 4) is 5.75 Å². The third kappa shape index (κ3) is 5.71. The zero-order chi connectivity index (χ0) is 30.0. The molecular formula is C31H28F2N4O5. The molecule has 0 spiro atoms. The average molecular weight is 575 g/mol. The number of hydrogen-bond acceptors (Lipinski definition) is 6. The van der Waals surface area contributed by atoms with Gasteiger partial charge in [0.15, 0.2) is 11.6 Å². The number of carbonyl (C=O) groups excluding carboxylic acids is 3. The fourth-order valence-electron chi connectivity index (χ4n) is 5.01. The Kier molecular flexibility index (Phi) is 7.75. The fraction of sp³-hybridized carbons (Fsp3) is 0.226. The molecule has 4 aromatic rings. The number of fused-ring (bicyclic) bond motifs is 3.